The summed E-state index contributed by atoms with van der Waals surface area (Å²) in [6.07, 6.45) is 1.14. The minimum absolute atomic E-state index is 0.0154. The van der Waals surface area contributed by atoms with Crippen LogP contribution in [0, 0.1) is 0 Å². The average Bonchev–Trinajstić information content (AvgIpc) is 2.65. The van der Waals surface area contributed by atoms with Gasteiger partial charge < -0.3 is 15.1 Å². The Bertz CT molecular complexity index is 1080. The third-order valence-electron chi connectivity index (χ3n) is 4.40. The molecule has 6 nitrogen and oxygen atoms in total. The summed E-state index contributed by atoms with van der Waals surface area (Å²) in [5, 5.41) is 6.27. The number of hydrogen-bond donors (Lipinski definition) is 2. The molecule has 0 fully saturated rings. The summed E-state index contributed by atoms with van der Waals surface area (Å²) < 4.78 is 5.19. The van der Waals surface area contributed by atoms with Gasteiger partial charge >= 0.3 is 5.63 Å². The van der Waals surface area contributed by atoms with Gasteiger partial charge in [-0.15, -0.1) is 0 Å². The summed E-state index contributed by atoms with van der Waals surface area (Å²) in [6.45, 7) is 0.284. The molecular formula is C20H16N2O4. The van der Waals surface area contributed by atoms with E-state index in [1.54, 1.807) is 24.3 Å². The molecule has 2 N–H and O–H groups in total. The fourth-order valence-corrected chi connectivity index (χ4v) is 3.04. The molecule has 2 aromatic carbocycles. The summed E-state index contributed by atoms with van der Waals surface area (Å²) in [5.74, 6) is -0.461. The molecule has 1 aromatic heterocycles. The van der Waals surface area contributed by atoms with Gasteiger partial charge in [-0.25, -0.2) is 4.79 Å². The number of nitrogens with one attached hydrogen (secondary N) is 2. The molecule has 0 saturated heterocycles. The molecule has 26 heavy (non-hydrogen) atoms. The lowest BCUT2D eigenvalue weighted by Crippen LogP contribution is -2.28. The second-order valence-corrected chi connectivity index (χ2v) is 6.21. The normalized spacial score (nSPS) is 13.2. The second-order valence-electron chi connectivity index (χ2n) is 6.21. The molecule has 3 aromatic rings. The van der Waals surface area contributed by atoms with E-state index in [0.29, 0.717) is 23.8 Å². The van der Waals surface area contributed by atoms with Crippen LogP contribution in [0.25, 0.3) is 11.0 Å². The lowest BCUT2D eigenvalue weighted by molar-refractivity contribution is -0.116. The Hall–Kier alpha value is -3.41. The Labute approximate surface area is 148 Å². The van der Waals surface area contributed by atoms with Crippen LogP contribution >= 0.6 is 0 Å². The molecule has 0 aliphatic carbocycles. The van der Waals surface area contributed by atoms with E-state index < -0.39 is 11.5 Å². The SMILES string of the molecule is O=C1CCc2cc(CNC(=O)c3cc4ccccc4oc3=O)ccc2N1. The van der Waals surface area contributed by atoms with Crippen molar-refractivity contribution in [1.82, 2.24) is 5.32 Å². The van der Waals surface area contributed by atoms with Crippen LogP contribution in [0.3, 0.4) is 0 Å². The fourth-order valence-electron chi connectivity index (χ4n) is 3.04. The zero-order valence-electron chi connectivity index (χ0n) is 13.9. The van der Waals surface area contributed by atoms with Crippen molar-refractivity contribution in [2.24, 2.45) is 0 Å². The van der Waals surface area contributed by atoms with Crippen LogP contribution in [0.1, 0.15) is 27.9 Å². The molecule has 2 heterocycles. The lowest BCUT2D eigenvalue weighted by atomic mass is 10.0. The number of fused-ring (bicyclic) bond motifs is 2. The smallest absolute Gasteiger partial charge is 0.349 e. The van der Waals surface area contributed by atoms with Crippen molar-refractivity contribution in [2.75, 3.05) is 5.32 Å². The highest BCUT2D eigenvalue weighted by molar-refractivity contribution is 5.96. The van der Waals surface area contributed by atoms with Crippen molar-refractivity contribution >= 4 is 28.5 Å². The number of aryl methyl sites for hydroxylation is 1. The first-order valence-corrected chi connectivity index (χ1v) is 8.33. The molecule has 0 saturated carbocycles. The van der Waals surface area contributed by atoms with Gasteiger partial charge in [-0.1, -0.05) is 30.3 Å². The van der Waals surface area contributed by atoms with E-state index >= 15 is 0 Å². The first-order valence-electron chi connectivity index (χ1n) is 8.33. The van der Waals surface area contributed by atoms with E-state index in [1.807, 2.05) is 24.3 Å². The molecule has 0 unspecified atom stereocenters. The Balaban J connectivity index is 1.52. The predicted octanol–water partition coefficient (Wildman–Crippen LogP) is 2.61. The largest absolute Gasteiger partial charge is 0.422 e. The quantitative estimate of drug-likeness (QED) is 0.712. The van der Waals surface area contributed by atoms with E-state index in [2.05, 4.69) is 10.6 Å². The van der Waals surface area contributed by atoms with Crippen LogP contribution in [-0.4, -0.2) is 11.8 Å². The summed E-state index contributed by atoms with van der Waals surface area (Å²) in [5.41, 5.74) is 2.53. The first-order chi connectivity index (χ1) is 12.6. The van der Waals surface area contributed by atoms with Gasteiger partial charge in [0.15, 0.2) is 0 Å². The van der Waals surface area contributed by atoms with Crippen molar-refractivity contribution in [1.29, 1.82) is 0 Å². The molecule has 1 aliphatic rings. The number of rotatable bonds is 3. The van der Waals surface area contributed by atoms with Crippen molar-refractivity contribution in [2.45, 2.75) is 19.4 Å². The van der Waals surface area contributed by atoms with E-state index in [-0.39, 0.29) is 18.0 Å². The third kappa shape index (κ3) is 3.09. The van der Waals surface area contributed by atoms with Crippen molar-refractivity contribution in [3.05, 3.63) is 75.6 Å². The molecular weight excluding hydrogens is 332 g/mol. The minimum atomic E-state index is -0.658. The zero-order valence-corrected chi connectivity index (χ0v) is 13.9. The van der Waals surface area contributed by atoms with Crippen molar-refractivity contribution in [3.63, 3.8) is 0 Å². The Morgan fingerprint density at radius 3 is 2.81 bits per heavy atom. The second kappa shape index (κ2) is 6.48. The van der Waals surface area contributed by atoms with E-state index in [9.17, 15) is 14.4 Å². The third-order valence-corrected chi connectivity index (χ3v) is 4.40. The molecule has 130 valence electrons. The van der Waals surface area contributed by atoms with E-state index in [1.165, 1.54) is 0 Å². The number of carbonyl (C=O) groups is 2. The summed E-state index contributed by atoms with van der Waals surface area (Å²) in [7, 11) is 0. The monoisotopic (exact) mass is 348 g/mol. The van der Waals surface area contributed by atoms with Crippen LogP contribution in [0.15, 0.2) is 57.7 Å². The van der Waals surface area contributed by atoms with Gasteiger partial charge in [-0.05, 0) is 35.7 Å². The topological polar surface area (TPSA) is 88.4 Å². The number of hydrogen-bond acceptors (Lipinski definition) is 4. The van der Waals surface area contributed by atoms with Gasteiger partial charge in [-0.2, -0.15) is 0 Å². The Morgan fingerprint density at radius 1 is 1.08 bits per heavy atom. The van der Waals surface area contributed by atoms with Gasteiger partial charge in [-0.3, -0.25) is 9.59 Å². The summed E-state index contributed by atoms with van der Waals surface area (Å²) in [4.78, 5) is 35.8. The minimum Gasteiger partial charge on any atom is -0.422 e. The van der Waals surface area contributed by atoms with Gasteiger partial charge in [0, 0.05) is 24.0 Å². The summed E-state index contributed by atoms with van der Waals surface area (Å²) in [6, 6.07) is 14.2. The van der Waals surface area contributed by atoms with Crippen LogP contribution in [-0.2, 0) is 17.8 Å². The van der Waals surface area contributed by atoms with Gasteiger partial charge in [0.1, 0.15) is 11.1 Å². The number of amides is 2. The highest BCUT2D eigenvalue weighted by Gasteiger charge is 2.16. The van der Waals surface area contributed by atoms with E-state index in [0.717, 1.165) is 16.8 Å². The first kappa shape index (κ1) is 16.1. The molecule has 2 amide bonds. The highest BCUT2D eigenvalue weighted by Crippen LogP contribution is 2.23. The maximum Gasteiger partial charge on any atom is 0.349 e. The van der Waals surface area contributed by atoms with Crippen molar-refractivity contribution < 1.29 is 14.0 Å². The predicted molar refractivity (Wildman–Crippen MR) is 97.0 cm³/mol. The van der Waals surface area contributed by atoms with Gasteiger partial charge in [0.2, 0.25) is 5.91 Å². The van der Waals surface area contributed by atoms with Crippen LogP contribution in [0.5, 0.6) is 0 Å². The Morgan fingerprint density at radius 2 is 1.92 bits per heavy atom. The van der Waals surface area contributed by atoms with E-state index in [4.69, 9.17) is 4.42 Å². The molecule has 4 rings (SSSR count). The molecule has 6 heteroatoms. The molecule has 0 bridgehead atoms. The van der Waals surface area contributed by atoms with Gasteiger partial charge in [0.05, 0.1) is 0 Å². The highest BCUT2D eigenvalue weighted by atomic mass is 16.4. The van der Waals surface area contributed by atoms with Crippen LogP contribution < -0.4 is 16.3 Å². The van der Waals surface area contributed by atoms with Crippen LogP contribution in [0.2, 0.25) is 0 Å². The maximum atomic E-state index is 12.4. The van der Waals surface area contributed by atoms with Gasteiger partial charge in [0.25, 0.3) is 5.91 Å². The average molecular weight is 348 g/mol. The number of anilines is 1. The fraction of sp³-hybridized carbons (Fsp3) is 0.150. The zero-order chi connectivity index (χ0) is 18.1. The molecule has 0 spiro atoms. The number of benzene rings is 2. The standard InChI is InChI=1S/C20H16N2O4/c23-18-8-6-13-9-12(5-7-16(13)22-18)11-21-19(24)15-10-14-3-1-2-4-17(14)26-20(15)25/h1-5,7,9-10H,6,8,11H2,(H,21,24)(H,22,23). The molecule has 1 aliphatic heterocycles. The maximum absolute atomic E-state index is 12.4. The van der Waals surface area contributed by atoms with Crippen molar-refractivity contribution in [3.8, 4) is 0 Å². The molecule has 0 radical (unpaired) electrons. The number of para-hydroxylation sites is 1. The lowest BCUT2D eigenvalue weighted by Gasteiger charge is -2.17. The summed E-state index contributed by atoms with van der Waals surface area (Å²) >= 11 is 0. The van der Waals surface area contributed by atoms with Crippen LogP contribution in [0.4, 0.5) is 5.69 Å². The molecule has 0 atom stereocenters. The Kier molecular flexibility index (Phi) is 4.01. The number of carbonyl (C=O) groups excluding carboxylic acids is 2.